The highest BCUT2D eigenvalue weighted by molar-refractivity contribution is 5.87. The largest absolute Gasteiger partial charge is 0.436 e. The van der Waals surface area contributed by atoms with Gasteiger partial charge >= 0.3 is 0 Å². The van der Waals surface area contributed by atoms with Crippen LogP contribution in [0.5, 0.6) is 0 Å². The highest BCUT2D eigenvalue weighted by Crippen LogP contribution is 2.28. The van der Waals surface area contributed by atoms with Gasteiger partial charge in [-0.2, -0.15) is 0 Å². The van der Waals surface area contributed by atoms with E-state index in [9.17, 15) is 0 Å². The Bertz CT molecular complexity index is 1160. The molecule has 0 saturated carbocycles. The van der Waals surface area contributed by atoms with Crippen LogP contribution in [0.4, 0.5) is 0 Å². The predicted octanol–water partition coefficient (Wildman–Crippen LogP) is 4.23. The molecule has 0 aliphatic heterocycles. The molecule has 0 unspecified atom stereocenters. The lowest BCUT2D eigenvalue weighted by atomic mass is 10.1. The van der Waals surface area contributed by atoms with Crippen LogP contribution in [0.3, 0.4) is 0 Å². The highest BCUT2D eigenvalue weighted by atomic mass is 16.3. The third-order valence-corrected chi connectivity index (χ3v) is 4.08. The van der Waals surface area contributed by atoms with Crippen LogP contribution in [0.25, 0.3) is 39.0 Å². The van der Waals surface area contributed by atoms with Crippen molar-refractivity contribution in [2.24, 2.45) is 0 Å². The van der Waals surface area contributed by atoms with Gasteiger partial charge in [-0.25, -0.2) is 4.98 Å². The maximum Gasteiger partial charge on any atom is 0.227 e. The average molecular weight is 312 g/mol. The summed E-state index contributed by atoms with van der Waals surface area (Å²) in [5.74, 6) is 0.622. The van der Waals surface area contributed by atoms with Crippen LogP contribution < -0.4 is 0 Å². The number of fused-ring (bicyclic) bond motifs is 2. The van der Waals surface area contributed by atoms with Gasteiger partial charge in [0, 0.05) is 5.56 Å². The Labute approximate surface area is 137 Å². The SMILES string of the molecule is c1ccc2cc(-c3nc4cc(-n5cnnc5)ccc4o3)ccc2c1. The zero-order valence-corrected chi connectivity index (χ0v) is 12.6. The standard InChI is InChI=1S/C19H12N4O/c1-2-4-14-9-15(6-5-13(14)3-1)19-22-17-10-16(7-8-18(17)24-19)23-11-20-21-12-23/h1-12H. The monoisotopic (exact) mass is 312 g/mol. The summed E-state index contributed by atoms with van der Waals surface area (Å²) in [7, 11) is 0. The van der Waals surface area contributed by atoms with E-state index in [2.05, 4.69) is 39.4 Å². The molecule has 3 aromatic carbocycles. The van der Waals surface area contributed by atoms with E-state index in [-0.39, 0.29) is 0 Å². The first-order valence-corrected chi connectivity index (χ1v) is 7.62. The maximum absolute atomic E-state index is 5.92. The molecule has 0 N–H and O–H groups in total. The molecule has 5 rings (SSSR count). The fraction of sp³-hybridized carbons (Fsp3) is 0. The molecule has 0 aliphatic rings. The van der Waals surface area contributed by atoms with Gasteiger partial charge < -0.3 is 4.42 Å². The first-order valence-electron chi connectivity index (χ1n) is 7.62. The molecule has 0 amide bonds. The molecule has 0 saturated heterocycles. The number of nitrogens with zero attached hydrogens (tertiary/aromatic N) is 4. The second-order valence-electron chi connectivity index (χ2n) is 5.60. The van der Waals surface area contributed by atoms with Gasteiger partial charge in [0.2, 0.25) is 5.89 Å². The Hall–Kier alpha value is -3.47. The molecule has 2 heterocycles. The maximum atomic E-state index is 5.92. The second kappa shape index (κ2) is 5.03. The average Bonchev–Trinajstić information content (AvgIpc) is 3.30. The van der Waals surface area contributed by atoms with Crippen LogP contribution >= 0.6 is 0 Å². The quantitative estimate of drug-likeness (QED) is 0.489. The molecular formula is C19H12N4O. The molecule has 0 radical (unpaired) electrons. The van der Waals surface area contributed by atoms with Crippen LogP contribution in [0.1, 0.15) is 0 Å². The predicted molar refractivity (Wildman–Crippen MR) is 91.9 cm³/mol. The first-order chi connectivity index (χ1) is 11.9. The molecule has 0 aliphatic carbocycles. The third-order valence-electron chi connectivity index (χ3n) is 4.08. The lowest BCUT2D eigenvalue weighted by Crippen LogP contribution is -1.88. The van der Waals surface area contributed by atoms with Crippen molar-refractivity contribution in [1.29, 1.82) is 0 Å². The molecular weight excluding hydrogens is 300 g/mol. The van der Waals surface area contributed by atoms with Gasteiger partial charge in [-0.15, -0.1) is 10.2 Å². The summed E-state index contributed by atoms with van der Waals surface area (Å²) in [6.07, 6.45) is 3.32. The molecule has 0 atom stereocenters. The summed E-state index contributed by atoms with van der Waals surface area (Å²) in [4.78, 5) is 4.64. The minimum atomic E-state index is 0.622. The Balaban J connectivity index is 1.63. The van der Waals surface area contributed by atoms with Gasteiger partial charge in [-0.05, 0) is 41.1 Å². The van der Waals surface area contributed by atoms with Crippen molar-refractivity contribution in [3.8, 4) is 17.1 Å². The van der Waals surface area contributed by atoms with Crippen LogP contribution in [0.2, 0.25) is 0 Å². The Morgan fingerprint density at radius 2 is 1.62 bits per heavy atom. The van der Waals surface area contributed by atoms with E-state index < -0.39 is 0 Å². The van der Waals surface area contributed by atoms with E-state index in [0.29, 0.717) is 5.89 Å². The van der Waals surface area contributed by atoms with Crippen molar-refractivity contribution >= 4 is 21.9 Å². The summed E-state index contributed by atoms with van der Waals surface area (Å²) in [5, 5.41) is 10.0. The lowest BCUT2D eigenvalue weighted by Gasteiger charge is -1.99. The van der Waals surface area contributed by atoms with E-state index >= 15 is 0 Å². The normalized spacial score (nSPS) is 11.3. The number of rotatable bonds is 2. The zero-order chi connectivity index (χ0) is 15.9. The van der Waals surface area contributed by atoms with Gasteiger partial charge in [-0.3, -0.25) is 4.57 Å². The van der Waals surface area contributed by atoms with E-state index in [4.69, 9.17) is 4.42 Å². The molecule has 0 bridgehead atoms. The van der Waals surface area contributed by atoms with Gasteiger partial charge in [0.25, 0.3) is 0 Å². The lowest BCUT2D eigenvalue weighted by molar-refractivity contribution is 0.620. The Morgan fingerprint density at radius 1 is 0.792 bits per heavy atom. The van der Waals surface area contributed by atoms with Crippen molar-refractivity contribution in [3.63, 3.8) is 0 Å². The summed E-state index contributed by atoms with van der Waals surface area (Å²) in [6.45, 7) is 0. The number of oxazole rings is 1. The van der Waals surface area contributed by atoms with E-state index in [1.165, 1.54) is 10.8 Å². The van der Waals surface area contributed by atoms with Gasteiger partial charge in [0.1, 0.15) is 18.2 Å². The van der Waals surface area contributed by atoms with Crippen molar-refractivity contribution in [2.75, 3.05) is 0 Å². The summed E-state index contributed by atoms with van der Waals surface area (Å²) in [5.41, 5.74) is 3.49. The van der Waals surface area contributed by atoms with Crippen molar-refractivity contribution in [2.45, 2.75) is 0 Å². The molecule has 0 fully saturated rings. The second-order valence-corrected chi connectivity index (χ2v) is 5.60. The van der Waals surface area contributed by atoms with Crippen LogP contribution in [-0.4, -0.2) is 19.7 Å². The number of benzene rings is 3. The summed E-state index contributed by atoms with van der Waals surface area (Å²) >= 11 is 0. The smallest absolute Gasteiger partial charge is 0.227 e. The minimum absolute atomic E-state index is 0.622. The third kappa shape index (κ3) is 2.06. The van der Waals surface area contributed by atoms with Gasteiger partial charge in [-0.1, -0.05) is 30.3 Å². The van der Waals surface area contributed by atoms with Gasteiger partial charge in [0.05, 0.1) is 5.69 Å². The molecule has 24 heavy (non-hydrogen) atoms. The fourth-order valence-electron chi connectivity index (χ4n) is 2.86. The summed E-state index contributed by atoms with van der Waals surface area (Å²) < 4.78 is 7.76. The molecule has 2 aromatic heterocycles. The van der Waals surface area contributed by atoms with Crippen molar-refractivity contribution in [1.82, 2.24) is 19.7 Å². The molecule has 5 heteroatoms. The Kier molecular flexibility index (Phi) is 2.72. The fourth-order valence-corrected chi connectivity index (χ4v) is 2.86. The van der Waals surface area contributed by atoms with Crippen molar-refractivity contribution in [3.05, 3.63) is 73.3 Å². The Morgan fingerprint density at radius 3 is 2.50 bits per heavy atom. The minimum Gasteiger partial charge on any atom is -0.436 e. The number of hydrogen-bond donors (Lipinski definition) is 0. The number of hydrogen-bond acceptors (Lipinski definition) is 4. The molecule has 114 valence electrons. The molecule has 5 aromatic rings. The van der Waals surface area contributed by atoms with Crippen molar-refractivity contribution < 1.29 is 4.42 Å². The van der Waals surface area contributed by atoms with Gasteiger partial charge in [0.15, 0.2) is 5.58 Å². The van der Waals surface area contributed by atoms with Crippen LogP contribution in [0.15, 0.2) is 77.7 Å². The number of aromatic nitrogens is 4. The van der Waals surface area contributed by atoms with E-state index in [1.54, 1.807) is 12.7 Å². The van der Waals surface area contributed by atoms with Crippen LogP contribution in [-0.2, 0) is 0 Å². The highest BCUT2D eigenvalue weighted by Gasteiger charge is 2.10. The molecule has 0 spiro atoms. The van der Waals surface area contributed by atoms with Crippen LogP contribution in [0, 0.1) is 0 Å². The van der Waals surface area contributed by atoms with E-state index in [1.807, 2.05) is 41.0 Å². The van der Waals surface area contributed by atoms with E-state index in [0.717, 1.165) is 22.4 Å². The zero-order valence-electron chi connectivity index (χ0n) is 12.6. The first kappa shape index (κ1) is 13.0. The summed E-state index contributed by atoms with van der Waals surface area (Å²) in [6, 6.07) is 20.3. The topological polar surface area (TPSA) is 56.7 Å². The molecule has 5 nitrogen and oxygen atoms in total.